The Labute approximate surface area is 794 Å². The number of ether oxygens (including phenoxy) is 2. The van der Waals surface area contributed by atoms with Crippen LogP contribution >= 0.6 is 15.5 Å². The summed E-state index contributed by atoms with van der Waals surface area (Å²) in [4.78, 5) is 83.2. The number of esters is 2. The largest absolute Gasteiger partial charge is 0.435 e. The van der Waals surface area contributed by atoms with Crippen LogP contribution in [0, 0.1) is 69.0 Å². The number of nitroso groups, excluding NO2 is 2. The molecule has 4 aliphatic heterocycles. The van der Waals surface area contributed by atoms with E-state index in [1.807, 2.05) is 147 Å². The first-order valence-electron chi connectivity index (χ1n) is 46.3. The standard InChI is InChI=1S/C63H70N5O11PS2.C35H50N5O11PS2/c1-7-43(6)60(66-80(71,78-36-58-50-20-12-8-16-46(50)47-17-9-13-21-51(47)58)79-37-59-52-22-14-10-18-48(52)49-19-11-15-23-53(49)59)63(69)76-38-77-65-62-54-26-24-44(81(72,73)67-32-39(2)28-40(3)33-67)30-56(54)61(64-70)57-31-45(25-27-55(57)62)82(74,75)68-34-41(4)29-42(5)35-68;1-7-25(6)32(38-52(43,44)45)35(41)50-20-51-37-34-28-10-8-26(53(46,47)39-16-21(2)12-22(3)17-39)14-30(28)33(36-42)31-15-27(9-11-29(31)34)54(48,49)40-18-23(4)13-24(5)19-40/h8-27,30-31,39-43,58-60,65H,7,28-29,32-38H2,1-6H3,(H,66,71);8-11,14-15,21-25,32,37H,7,12-13,16-20H2,1-6H3,(H3,38,43,44,45)/t39-,40+,41-,42+,43?,60?;21-,22+,23-,24+,25?,32?. The van der Waals surface area contributed by atoms with E-state index in [1.54, 1.807) is 26.0 Å². The number of sulfonamides is 4. The Morgan fingerprint density at radius 3 is 0.882 bits per heavy atom. The van der Waals surface area contributed by atoms with Gasteiger partial charge in [0.25, 0.3) is 0 Å². The van der Waals surface area contributed by atoms with Gasteiger partial charge in [0.1, 0.15) is 23.5 Å². The van der Waals surface area contributed by atoms with Crippen molar-refractivity contribution in [3.05, 3.63) is 202 Å². The van der Waals surface area contributed by atoms with Gasteiger partial charge in [-0.05, 0) is 188 Å². The maximum atomic E-state index is 15.6. The van der Waals surface area contributed by atoms with Gasteiger partial charge in [-0.25, -0.2) is 62.7 Å². The van der Waals surface area contributed by atoms with E-state index >= 15 is 4.57 Å². The maximum absolute atomic E-state index is 15.6. The molecule has 16 rings (SSSR count). The number of piperidine rings is 4. The normalized spacial score (nSPS) is 21.6. The third-order valence-electron chi connectivity index (χ3n) is 27.3. The van der Waals surface area contributed by atoms with E-state index in [4.69, 9.17) is 28.2 Å². The summed E-state index contributed by atoms with van der Waals surface area (Å²) in [5.74, 6) is -2.23. The lowest BCUT2D eigenvalue weighted by molar-refractivity contribution is -0.158. The number of carbonyl (C=O) groups excluding carboxylic acids is 2. The van der Waals surface area contributed by atoms with Gasteiger partial charge in [0, 0.05) is 107 Å². The second kappa shape index (κ2) is 41.7. The number of hydrogen-bond acceptors (Lipinski definition) is 24. The van der Waals surface area contributed by atoms with Crippen molar-refractivity contribution in [2.45, 2.75) is 165 Å². The first kappa shape index (κ1) is 101. The Kier molecular flexibility index (Phi) is 31.0. The molecule has 136 heavy (non-hydrogen) atoms. The number of nitrogens with one attached hydrogen (secondary N) is 4. The predicted molar refractivity (Wildman–Crippen MR) is 524 cm³/mol. The second-order valence-corrected chi connectivity index (χ2v) is 49.1. The van der Waals surface area contributed by atoms with Gasteiger partial charge in [-0.3, -0.25) is 29.6 Å². The molecule has 0 saturated carbocycles. The molecule has 10 aromatic rings. The molecule has 4 unspecified atom stereocenters. The summed E-state index contributed by atoms with van der Waals surface area (Å²) in [5, 5.41) is 13.5. The number of anilines is 2. The zero-order valence-electron chi connectivity index (χ0n) is 78.2. The Balaban J connectivity index is 0.000000226. The van der Waals surface area contributed by atoms with Crippen molar-refractivity contribution < 1.29 is 90.4 Å². The van der Waals surface area contributed by atoms with Crippen molar-refractivity contribution >= 4 is 133 Å². The van der Waals surface area contributed by atoms with Crippen molar-refractivity contribution in [2.75, 3.05) is 90.1 Å². The van der Waals surface area contributed by atoms with Crippen LogP contribution in [0.3, 0.4) is 0 Å². The average molecular weight is 1980 g/mol. The highest BCUT2D eigenvalue weighted by atomic mass is 32.2. The molecule has 4 heterocycles. The Hall–Kier alpha value is -9.24. The summed E-state index contributed by atoms with van der Waals surface area (Å²) in [5.41, 5.74) is 14.1. The molecule has 0 amide bonds. The number of carbonyl (C=O) groups is 2. The number of rotatable bonds is 34. The molecule has 38 heteroatoms. The third kappa shape index (κ3) is 21.4. The molecule has 0 bridgehead atoms. The molecule has 4 fully saturated rings. The Bertz CT molecular complexity index is 6350. The van der Waals surface area contributed by atoms with E-state index in [-0.39, 0.29) is 136 Å². The summed E-state index contributed by atoms with van der Waals surface area (Å²) in [7, 11) is -25.3. The van der Waals surface area contributed by atoms with Crippen LogP contribution in [0.4, 0.5) is 22.7 Å². The molecule has 0 radical (unpaired) electrons. The van der Waals surface area contributed by atoms with Crippen molar-refractivity contribution in [3.8, 4) is 22.3 Å². The van der Waals surface area contributed by atoms with Gasteiger partial charge in [-0.2, -0.15) is 17.2 Å². The van der Waals surface area contributed by atoms with Crippen LogP contribution in [-0.4, -0.2) is 164 Å². The van der Waals surface area contributed by atoms with Crippen LogP contribution in [0.15, 0.2) is 200 Å². The minimum Gasteiger partial charge on any atom is -0.435 e. The average Bonchev–Trinajstić information content (AvgIpc) is 1.11. The quantitative estimate of drug-likeness (QED) is 0.00415. The summed E-state index contributed by atoms with van der Waals surface area (Å²) < 4.78 is 170. The monoisotopic (exact) mass is 1980 g/mol. The van der Waals surface area contributed by atoms with E-state index in [0.717, 1.165) is 70.2 Å². The first-order valence-corrected chi connectivity index (χ1v) is 55.3. The summed E-state index contributed by atoms with van der Waals surface area (Å²) in [6.45, 7) is 24.3. The second-order valence-electron chi connectivity index (χ2n) is 38.3. The highest BCUT2D eigenvalue weighted by molar-refractivity contribution is 7.90. The van der Waals surface area contributed by atoms with Gasteiger partial charge in [0.2, 0.25) is 53.7 Å². The Morgan fingerprint density at radius 1 is 0.390 bits per heavy atom. The predicted octanol–water partition coefficient (Wildman–Crippen LogP) is 19.0. The topological polar surface area (TPSA) is 421 Å². The molecule has 6 aliphatic rings. The van der Waals surface area contributed by atoms with Gasteiger partial charge in [0.05, 0.1) is 44.2 Å². The molecule has 12 atom stereocenters. The lowest BCUT2D eigenvalue weighted by atomic mass is 9.93. The van der Waals surface area contributed by atoms with E-state index in [9.17, 15) is 67.4 Å². The van der Waals surface area contributed by atoms with E-state index < -0.39 is 105 Å². The molecule has 6 N–H and O–H groups in total. The van der Waals surface area contributed by atoms with Gasteiger partial charge in [-0.1, -0.05) is 217 Å². The highest BCUT2D eigenvalue weighted by Gasteiger charge is 2.44. The summed E-state index contributed by atoms with van der Waals surface area (Å²) in [6.07, 6.45) is 4.42. The van der Waals surface area contributed by atoms with Crippen molar-refractivity contribution in [1.82, 2.24) is 27.4 Å². The van der Waals surface area contributed by atoms with E-state index in [0.29, 0.717) is 86.7 Å². The van der Waals surface area contributed by atoms with Gasteiger partial charge >= 0.3 is 27.4 Å². The maximum Gasteiger partial charge on any atom is 0.406 e. The third-order valence-corrected chi connectivity index (χ3v) is 36.8. The lowest BCUT2D eigenvalue weighted by Crippen LogP contribution is -2.42. The smallest absolute Gasteiger partial charge is 0.406 e. The van der Waals surface area contributed by atoms with Crippen LogP contribution in [0.1, 0.15) is 156 Å². The van der Waals surface area contributed by atoms with Crippen molar-refractivity contribution in [1.29, 1.82) is 0 Å². The molecule has 2 aliphatic carbocycles. The van der Waals surface area contributed by atoms with Gasteiger partial charge < -0.3 is 19.3 Å². The van der Waals surface area contributed by atoms with Crippen LogP contribution < -0.4 is 21.1 Å². The number of hydrogen-bond donors (Lipinski definition) is 6. The van der Waals surface area contributed by atoms with Crippen molar-refractivity contribution in [3.63, 3.8) is 0 Å². The van der Waals surface area contributed by atoms with Gasteiger partial charge in [-0.15, -0.1) is 9.81 Å². The molecule has 0 spiro atoms. The number of nitrogens with zero attached hydrogens (tertiary/aromatic N) is 6. The molecule has 32 nitrogen and oxygen atoms in total. The molecule has 728 valence electrons. The zero-order valence-corrected chi connectivity index (χ0v) is 83.3. The molecular formula is C98H120N10O22P2S4. The van der Waals surface area contributed by atoms with Crippen molar-refractivity contribution in [2.24, 2.45) is 69.5 Å². The SMILES string of the molecule is CCC(C)C(NP(=O)(O)O)C(=O)OCONc1c2ccc(S(=O)(=O)N3C[C@H](C)C[C@H](C)C3)cc2c(N=O)c2cc(S(=O)(=O)N3C[C@H](C)C[C@H](C)C3)ccc12.CCC(C)C(NP(=O)(OCC1c2ccccc2-c2ccccc21)OCC1c2ccccc2-c2ccccc21)C(=O)OCONc1c2ccc(S(=O)(=O)N3C[C@H](C)C[C@H](C)C3)cc2c(N=O)c2cc(S(=O)(=O)N3C[C@H](C)C[C@H](C)C3)ccc12. The zero-order chi connectivity index (χ0) is 97.4. The number of benzene rings is 10. The lowest BCUT2D eigenvalue weighted by Gasteiger charge is -2.34. The number of fused-ring (bicyclic) bond motifs is 10. The highest BCUT2D eigenvalue weighted by Crippen LogP contribution is 2.55. The van der Waals surface area contributed by atoms with Crippen LogP contribution in [-0.2, 0) is 87.0 Å². The fourth-order valence-corrected chi connectivity index (χ4v) is 29.9. The first-order chi connectivity index (χ1) is 64.6. The van der Waals surface area contributed by atoms with Crippen LogP contribution in [0.5, 0.6) is 0 Å². The summed E-state index contributed by atoms with van der Waals surface area (Å²) >= 11 is 0. The molecule has 0 aromatic heterocycles. The van der Waals surface area contributed by atoms with E-state index in [2.05, 4.69) is 50.7 Å². The molecular weight excluding hydrogens is 1860 g/mol. The fraction of sp³-hybridized carbons (Fsp3) is 0.449. The van der Waals surface area contributed by atoms with E-state index in [1.165, 1.54) is 77.9 Å². The fourth-order valence-electron chi connectivity index (χ4n) is 20.7. The van der Waals surface area contributed by atoms with Gasteiger partial charge in [0.15, 0.2) is 0 Å². The summed E-state index contributed by atoms with van der Waals surface area (Å²) in [6, 6.07) is 47.0. The minimum absolute atomic E-state index is 0.0278. The minimum atomic E-state index is -4.79. The molecule has 4 saturated heterocycles. The Morgan fingerprint density at radius 2 is 0.640 bits per heavy atom. The van der Waals surface area contributed by atoms with Crippen LogP contribution in [0.25, 0.3) is 65.3 Å². The molecule has 10 aromatic carbocycles. The van der Waals surface area contributed by atoms with Crippen LogP contribution in [0.2, 0.25) is 0 Å².